The molecule has 0 aliphatic carbocycles. The summed E-state index contributed by atoms with van der Waals surface area (Å²) in [5, 5.41) is 0. The molecule has 0 rings (SSSR count). The highest BCUT2D eigenvalue weighted by molar-refractivity contribution is 7.85. The van der Waals surface area contributed by atoms with E-state index in [1.807, 2.05) is 0 Å². The molecule has 9 heavy (non-hydrogen) atoms. The van der Waals surface area contributed by atoms with Crippen molar-refractivity contribution in [2.75, 3.05) is 12.4 Å². The second-order valence-corrected chi connectivity index (χ2v) is 3.09. The molecule has 0 bridgehead atoms. The van der Waals surface area contributed by atoms with Crippen molar-refractivity contribution >= 4 is 10.1 Å². The Hall–Kier alpha value is -0.160. The lowest BCUT2D eigenvalue weighted by atomic mass is 10.4. The van der Waals surface area contributed by atoms with Crippen LogP contribution in [-0.4, -0.2) is 25.4 Å². The molecule has 0 spiro atoms. The van der Waals surface area contributed by atoms with Gasteiger partial charge >= 0.3 is 0 Å². The fourth-order valence-corrected chi connectivity index (χ4v) is 0.774. The maximum atomic E-state index is 11.2. The van der Waals surface area contributed by atoms with E-state index in [9.17, 15) is 12.8 Å². The lowest BCUT2D eigenvalue weighted by Gasteiger charge is -1.91. The standard InChI is InChI=1S/C4H8FO3S/c5-3-1-2-4-9(6,7)8/h1H,2-4H2,(H,6,7,8). The lowest BCUT2D eigenvalue weighted by Crippen LogP contribution is -2.03. The van der Waals surface area contributed by atoms with Crippen LogP contribution in [0.25, 0.3) is 0 Å². The molecule has 0 aliphatic rings. The van der Waals surface area contributed by atoms with Crippen LogP contribution in [0.4, 0.5) is 4.39 Å². The van der Waals surface area contributed by atoms with Gasteiger partial charge in [0.1, 0.15) is 0 Å². The van der Waals surface area contributed by atoms with E-state index in [4.69, 9.17) is 4.55 Å². The number of hydrogen-bond acceptors (Lipinski definition) is 2. The first-order valence-electron chi connectivity index (χ1n) is 2.39. The van der Waals surface area contributed by atoms with Gasteiger partial charge in [-0.1, -0.05) is 0 Å². The zero-order chi connectivity index (χ0) is 7.33. The monoisotopic (exact) mass is 155 g/mol. The number of hydrogen-bond donors (Lipinski definition) is 1. The molecule has 0 aliphatic heterocycles. The molecule has 5 heteroatoms. The van der Waals surface area contributed by atoms with Crippen LogP contribution in [0.15, 0.2) is 0 Å². The molecule has 0 aromatic heterocycles. The molecule has 0 aromatic carbocycles. The summed E-state index contributed by atoms with van der Waals surface area (Å²) in [6, 6.07) is 0. The van der Waals surface area contributed by atoms with Crippen LogP contribution >= 0.6 is 0 Å². The van der Waals surface area contributed by atoms with Crippen molar-refractivity contribution in [1.82, 2.24) is 0 Å². The summed E-state index contributed by atoms with van der Waals surface area (Å²) in [7, 11) is -3.89. The summed E-state index contributed by atoms with van der Waals surface area (Å²) < 4.78 is 39.1. The predicted molar refractivity (Wildman–Crippen MR) is 31.3 cm³/mol. The Bertz CT molecular complexity index is 151. The molecule has 0 atom stereocenters. The molecule has 0 fully saturated rings. The average molecular weight is 155 g/mol. The second kappa shape index (κ2) is 3.79. The van der Waals surface area contributed by atoms with E-state index in [1.54, 1.807) is 0 Å². The third kappa shape index (κ3) is 7.84. The zero-order valence-electron chi connectivity index (χ0n) is 4.75. The fourth-order valence-electron chi connectivity index (χ4n) is 0.309. The van der Waals surface area contributed by atoms with Crippen molar-refractivity contribution in [2.24, 2.45) is 0 Å². The van der Waals surface area contributed by atoms with Crippen LogP contribution in [0.5, 0.6) is 0 Å². The fraction of sp³-hybridized carbons (Fsp3) is 0.750. The van der Waals surface area contributed by atoms with Crippen molar-refractivity contribution in [1.29, 1.82) is 0 Å². The maximum absolute atomic E-state index is 11.2. The Morgan fingerprint density at radius 3 is 2.44 bits per heavy atom. The van der Waals surface area contributed by atoms with Gasteiger partial charge in [-0.3, -0.25) is 8.94 Å². The minimum absolute atomic E-state index is 0.0648. The minimum atomic E-state index is -3.89. The van der Waals surface area contributed by atoms with Crippen molar-refractivity contribution in [3.05, 3.63) is 6.42 Å². The summed E-state index contributed by atoms with van der Waals surface area (Å²) in [6.07, 6.45) is 1.21. The average Bonchev–Trinajstić information content (AvgIpc) is 1.63. The highest BCUT2D eigenvalue weighted by Gasteiger charge is 2.02. The van der Waals surface area contributed by atoms with Crippen molar-refractivity contribution in [3.63, 3.8) is 0 Å². The van der Waals surface area contributed by atoms with Gasteiger partial charge in [-0.15, -0.1) is 0 Å². The molecule has 0 amide bonds. The van der Waals surface area contributed by atoms with Gasteiger partial charge in [0, 0.05) is 0 Å². The Morgan fingerprint density at radius 2 is 2.11 bits per heavy atom. The minimum Gasteiger partial charge on any atom is -0.286 e. The summed E-state index contributed by atoms with van der Waals surface area (Å²) in [5.74, 6) is -0.392. The van der Waals surface area contributed by atoms with Gasteiger partial charge in [0.05, 0.1) is 12.4 Å². The molecule has 0 heterocycles. The quantitative estimate of drug-likeness (QED) is 0.473. The normalized spacial score (nSPS) is 11.8. The van der Waals surface area contributed by atoms with Crippen molar-refractivity contribution in [3.8, 4) is 0 Å². The topological polar surface area (TPSA) is 54.4 Å². The maximum Gasteiger partial charge on any atom is 0.264 e. The van der Waals surface area contributed by atoms with E-state index < -0.39 is 22.5 Å². The van der Waals surface area contributed by atoms with Crippen LogP contribution in [0, 0.1) is 6.42 Å². The molecule has 0 unspecified atom stereocenters. The van der Waals surface area contributed by atoms with E-state index >= 15 is 0 Å². The van der Waals surface area contributed by atoms with Crippen LogP contribution in [0.2, 0.25) is 0 Å². The molecule has 1 N–H and O–H groups in total. The van der Waals surface area contributed by atoms with E-state index in [0.29, 0.717) is 0 Å². The first-order valence-corrected chi connectivity index (χ1v) is 4.00. The van der Waals surface area contributed by atoms with Gasteiger partial charge in [0.25, 0.3) is 10.1 Å². The van der Waals surface area contributed by atoms with E-state index in [-0.39, 0.29) is 6.42 Å². The molecular weight excluding hydrogens is 147 g/mol. The predicted octanol–water partition coefficient (Wildman–Crippen LogP) is 0.438. The largest absolute Gasteiger partial charge is 0.286 e. The van der Waals surface area contributed by atoms with Crippen LogP contribution in [-0.2, 0) is 10.1 Å². The summed E-state index contributed by atoms with van der Waals surface area (Å²) >= 11 is 0. The van der Waals surface area contributed by atoms with Gasteiger partial charge in [-0.2, -0.15) is 8.42 Å². The Kier molecular flexibility index (Phi) is 3.72. The van der Waals surface area contributed by atoms with Crippen LogP contribution in [0.1, 0.15) is 6.42 Å². The third-order valence-electron chi connectivity index (χ3n) is 0.689. The van der Waals surface area contributed by atoms with Gasteiger partial charge in [0.15, 0.2) is 0 Å². The number of rotatable bonds is 4. The van der Waals surface area contributed by atoms with Crippen LogP contribution in [0.3, 0.4) is 0 Å². The number of halogens is 1. The molecule has 55 valence electrons. The molecule has 0 saturated carbocycles. The Balaban J connectivity index is 3.30. The summed E-state index contributed by atoms with van der Waals surface area (Å²) in [4.78, 5) is 0. The number of unbranched alkanes of at least 4 members (excludes halogenated alkanes) is 1. The Labute approximate surface area is 53.6 Å². The first kappa shape index (κ1) is 8.84. The van der Waals surface area contributed by atoms with Crippen molar-refractivity contribution in [2.45, 2.75) is 6.42 Å². The summed E-state index contributed by atoms with van der Waals surface area (Å²) in [5.41, 5.74) is 0. The van der Waals surface area contributed by atoms with E-state index in [2.05, 4.69) is 0 Å². The van der Waals surface area contributed by atoms with Crippen molar-refractivity contribution < 1.29 is 17.4 Å². The number of alkyl halides is 1. The second-order valence-electron chi connectivity index (χ2n) is 1.52. The van der Waals surface area contributed by atoms with E-state index in [1.165, 1.54) is 0 Å². The van der Waals surface area contributed by atoms with Gasteiger partial charge in [-0.05, 0) is 12.8 Å². The smallest absolute Gasteiger partial charge is 0.264 e. The molecule has 3 nitrogen and oxygen atoms in total. The first-order chi connectivity index (χ1) is 4.06. The highest BCUT2D eigenvalue weighted by atomic mass is 32.2. The molecular formula is C4H8FO3S. The zero-order valence-corrected chi connectivity index (χ0v) is 5.57. The van der Waals surface area contributed by atoms with Gasteiger partial charge in [0.2, 0.25) is 0 Å². The van der Waals surface area contributed by atoms with Gasteiger partial charge < -0.3 is 0 Å². The molecule has 0 saturated heterocycles. The third-order valence-corrected chi connectivity index (χ3v) is 1.44. The van der Waals surface area contributed by atoms with Gasteiger partial charge in [-0.25, -0.2) is 0 Å². The van der Waals surface area contributed by atoms with Crippen LogP contribution < -0.4 is 0 Å². The SMILES string of the molecule is O=S(=O)(O)CC[CH]CF. The summed E-state index contributed by atoms with van der Waals surface area (Å²) in [6.45, 7) is -0.657. The highest BCUT2D eigenvalue weighted by Crippen LogP contribution is 1.92. The molecule has 1 radical (unpaired) electrons. The lowest BCUT2D eigenvalue weighted by molar-refractivity contribution is 0.479. The van der Waals surface area contributed by atoms with E-state index in [0.717, 1.165) is 6.42 Å². The Morgan fingerprint density at radius 1 is 1.56 bits per heavy atom. The molecule has 0 aromatic rings.